The Morgan fingerprint density at radius 2 is 1.48 bits per heavy atom. The Balaban J connectivity index is 1.83. The molecule has 40 heavy (non-hydrogen) atoms. The molecule has 1 N–H and O–H groups in total. The Kier molecular flexibility index (Phi) is 6.77. The molecule has 1 fully saturated rings. The van der Waals surface area contributed by atoms with Crippen LogP contribution in [0.5, 0.6) is 0 Å². The van der Waals surface area contributed by atoms with E-state index in [1.807, 2.05) is 72.8 Å². The molecule has 0 saturated carbocycles. The molecule has 3 aromatic carbocycles. The maximum Gasteiger partial charge on any atom is 0.421 e. The predicted molar refractivity (Wildman–Crippen MR) is 147 cm³/mol. The molecule has 1 saturated heterocycles. The summed E-state index contributed by atoms with van der Waals surface area (Å²) in [5.74, 6) is -2.22. The van der Waals surface area contributed by atoms with Gasteiger partial charge in [0.15, 0.2) is 5.54 Å². The number of carbonyl (C=O) groups is 2. The topological polar surface area (TPSA) is 118 Å². The molecule has 0 unspecified atom stereocenters. The van der Waals surface area contributed by atoms with Crippen LogP contribution in [0.1, 0.15) is 49.4 Å². The third kappa shape index (κ3) is 4.15. The zero-order valence-corrected chi connectivity index (χ0v) is 22.4. The molecule has 1 spiro atoms. The monoisotopic (exact) mass is 532 g/mol. The van der Waals surface area contributed by atoms with Crippen molar-refractivity contribution in [3.63, 3.8) is 0 Å². The zero-order chi connectivity index (χ0) is 28.7. The second-order valence-corrected chi connectivity index (χ2v) is 10.9. The smallest absolute Gasteiger partial charge is 0.421 e. The van der Waals surface area contributed by atoms with Gasteiger partial charge in [-0.15, -0.1) is 0 Å². The number of amides is 2. The first-order chi connectivity index (χ1) is 19.1. The lowest BCUT2D eigenvalue weighted by molar-refractivity contribution is -0.189. The van der Waals surface area contributed by atoms with Crippen LogP contribution in [0.4, 0.5) is 10.5 Å². The number of para-hydroxylation sites is 1. The van der Waals surface area contributed by atoms with Gasteiger partial charge in [-0.3, -0.25) is 4.79 Å². The molecule has 5 rings (SSSR count). The molecule has 0 radical (unpaired) electrons. The number of benzene rings is 3. The van der Waals surface area contributed by atoms with Gasteiger partial charge in [0.1, 0.15) is 23.3 Å². The Morgan fingerprint density at radius 1 is 0.925 bits per heavy atom. The minimum absolute atomic E-state index is 0.201. The quantitative estimate of drug-likeness (QED) is 0.412. The molecule has 8 nitrogen and oxygen atoms in total. The fourth-order valence-corrected chi connectivity index (χ4v) is 5.97. The number of fused-ring (bicyclic) bond motifs is 2. The number of hydrogen-bond acceptors (Lipinski definition) is 7. The fourth-order valence-electron chi connectivity index (χ4n) is 5.97. The van der Waals surface area contributed by atoms with E-state index in [9.17, 15) is 25.3 Å². The largest absolute Gasteiger partial charge is 0.443 e. The van der Waals surface area contributed by atoms with Gasteiger partial charge >= 0.3 is 6.09 Å². The first kappa shape index (κ1) is 26.8. The van der Waals surface area contributed by atoms with Crippen molar-refractivity contribution >= 4 is 17.7 Å². The van der Waals surface area contributed by atoms with Crippen molar-refractivity contribution in [1.29, 1.82) is 10.5 Å². The minimum Gasteiger partial charge on any atom is -0.443 e. The molecule has 200 valence electrons. The summed E-state index contributed by atoms with van der Waals surface area (Å²) in [7, 11) is 0. The van der Waals surface area contributed by atoms with Crippen LogP contribution in [0.15, 0.2) is 96.6 Å². The Hall–Kier alpha value is -4.76. The lowest BCUT2D eigenvalue weighted by atomic mass is 9.71. The summed E-state index contributed by atoms with van der Waals surface area (Å²) in [4.78, 5) is 29.1. The molecular weight excluding hydrogens is 504 g/mol. The summed E-state index contributed by atoms with van der Waals surface area (Å²) in [5.41, 5.74) is -0.750. The summed E-state index contributed by atoms with van der Waals surface area (Å²) in [6, 6.07) is 28.4. The molecule has 0 bridgehead atoms. The zero-order valence-electron chi connectivity index (χ0n) is 22.4. The van der Waals surface area contributed by atoms with Crippen molar-refractivity contribution in [3.8, 4) is 12.1 Å². The highest BCUT2D eigenvalue weighted by molar-refractivity contribution is 6.21. The third-order valence-corrected chi connectivity index (χ3v) is 7.41. The second-order valence-electron chi connectivity index (χ2n) is 10.9. The van der Waals surface area contributed by atoms with Gasteiger partial charge in [0, 0.05) is 17.4 Å². The van der Waals surface area contributed by atoms with Gasteiger partial charge in [0.05, 0.1) is 11.7 Å². The standard InChI is InChI=1S/C32H28N4O4/c1-31(2,3)40-30(38)35-26-17-11-10-16-24(26)32(29(35)37)25(18-21(19-33)20-34)27(22-12-6-4-7-13-22)28(36(32)39)23-14-8-5-9-15-23/h4-18,25,27-28,39H,1-3H3/t25-,27-,28+,32-/m1/s1. The van der Waals surface area contributed by atoms with Crippen molar-refractivity contribution in [1.82, 2.24) is 5.06 Å². The molecule has 4 atom stereocenters. The van der Waals surface area contributed by atoms with Crippen LogP contribution in [0, 0.1) is 28.6 Å². The third-order valence-electron chi connectivity index (χ3n) is 7.41. The van der Waals surface area contributed by atoms with Crippen molar-refractivity contribution in [2.24, 2.45) is 5.92 Å². The highest BCUT2D eigenvalue weighted by Crippen LogP contribution is 2.63. The summed E-state index contributed by atoms with van der Waals surface area (Å²) < 4.78 is 5.61. The number of allylic oxidation sites excluding steroid dienone is 1. The number of anilines is 1. The van der Waals surface area contributed by atoms with Crippen molar-refractivity contribution in [2.75, 3.05) is 4.90 Å². The maximum absolute atomic E-state index is 14.7. The Morgan fingerprint density at radius 3 is 2.05 bits per heavy atom. The number of rotatable bonds is 3. The van der Waals surface area contributed by atoms with Crippen LogP contribution < -0.4 is 4.90 Å². The number of hydrogen-bond donors (Lipinski definition) is 1. The molecule has 2 aliphatic heterocycles. The van der Waals surface area contributed by atoms with Crippen LogP contribution in [0.25, 0.3) is 0 Å². The highest BCUT2D eigenvalue weighted by Gasteiger charge is 2.69. The average molecular weight is 533 g/mol. The summed E-state index contributed by atoms with van der Waals surface area (Å²) in [6.07, 6.45) is 0.579. The van der Waals surface area contributed by atoms with E-state index in [2.05, 4.69) is 0 Å². The number of hydroxylamine groups is 2. The molecule has 3 aromatic rings. The lowest BCUT2D eigenvalue weighted by Crippen LogP contribution is -2.53. The predicted octanol–water partition coefficient (Wildman–Crippen LogP) is 5.98. The molecule has 8 heteroatoms. The van der Waals surface area contributed by atoms with Gasteiger partial charge < -0.3 is 9.94 Å². The molecule has 0 aliphatic carbocycles. The first-order valence-electron chi connectivity index (χ1n) is 12.9. The summed E-state index contributed by atoms with van der Waals surface area (Å²) >= 11 is 0. The summed E-state index contributed by atoms with van der Waals surface area (Å²) in [5, 5.41) is 32.8. The maximum atomic E-state index is 14.7. The van der Waals surface area contributed by atoms with Crippen molar-refractivity contribution in [2.45, 2.75) is 43.9 Å². The van der Waals surface area contributed by atoms with Gasteiger partial charge in [0.25, 0.3) is 5.91 Å². The van der Waals surface area contributed by atoms with Crippen LogP contribution in [-0.2, 0) is 15.1 Å². The van der Waals surface area contributed by atoms with E-state index < -0.39 is 41.0 Å². The van der Waals surface area contributed by atoms with Gasteiger partial charge in [0.2, 0.25) is 0 Å². The number of nitrogens with zero attached hydrogens (tertiary/aromatic N) is 4. The van der Waals surface area contributed by atoms with E-state index in [4.69, 9.17) is 4.74 Å². The van der Waals surface area contributed by atoms with E-state index in [-0.39, 0.29) is 11.3 Å². The van der Waals surface area contributed by atoms with Gasteiger partial charge in [-0.1, -0.05) is 78.9 Å². The van der Waals surface area contributed by atoms with Gasteiger partial charge in [-0.2, -0.15) is 15.6 Å². The SMILES string of the molecule is CC(C)(C)OC(=O)N1C(=O)[C@@]2(c3ccccc31)[C@H](C=C(C#N)C#N)[C@@H](c1ccccc1)[C@H](c1ccccc1)N2O. The Labute approximate surface area is 232 Å². The number of ether oxygens (including phenoxy) is 1. The minimum atomic E-state index is -1.84. The number of imide groups is 1. The Bertz CT molecular complexity index is 1550. The van der Waals surface area contributed by atoms with Crippen LogP contribution in [0.2, 0.25) is 0 Å². The summed E-state index contributed by atoms with van der Waals surface area (Å²) in [6.45, 7) is 5.11. The molecule has 2 amide bonds. The van der Waals surface area contributed by atoms with E-state index in [1.165, 1.54) is 6.08 Å². The number of nitriles is 2. The van der Waals surface area contributed by atoms with E-state index in [0.717, 1.165) is 21.1 Å². The van der Waals surface area contributed by atoms with Gasteiger partial charge in [-0.25, -0.2) is 9.69 Å². The first-order valence-corrected chi connectivity index (χ1v) is 12.9. The average Bonchev–Trinajstić information content (AvgIpc) is 3.36. The van der Waals surface area contributed by atoms with E-state index in [0.29, 0.717) is 5.56 Å². The normalized spacial score (nSPS) is 23.8. The second kappa shape index (κ2) is 10.1. The van der Waals surface area contributed by atoms with Crippen molar-refractivity contribution < 1.29 is 19.5 Å². The van der Waals surface area contributed by atoms with Crippen molar-refractivity contribution in [3.05, 3.63) is 113 Å². The highest BCUT2D eigenvalue weighted by atomic mass is 16.6. The van der Waals surface area contributed by atoms with Crippen LogP contribution >= 0.6 is 0 Å². The van der Waals surface area contributed by atoms with Crippen LogP contribution in [0.3, 0.4) is 0 Å². The molecule has 0 aromatic heterocycles. The lowest BCUT2D eigenvalue weighted by Gasteiger charge is -2.35. The molecular formula is C32H28N4O4. The van der Waals surface area contributed by atoms with Gasteiger partial charge in [-0.05, 0) is 44.0 Å². The van der Waals surface area contributed by atoms with Crippen LogP contribution in [-0.4, -0.2) is 27.9 Å². The number of carbonyl (C=O) groups excluding carboxylic acids is 2. The van der Waals surface area contributed by atoms with E-state index >= 15 is 0 Å². The fraction of sp³-hybridized carbons (Fsp3) is 0.250. The molecule has 2 heterocycles. The molecule has 2 aliphatic rings. The van der Waals surface area contributed by atoms with E-state index in [1.54, 1.807) is 45.0 Å².